The van der Waals surface area contributed by atoms with Gasteiger partial charge in [0.1, 0.15) is 0 Å². The molecule has 0 amide bonds. The van der Waals surface area contributed by atoms with E-state index in [1.807, 2.05) is 0 Å². The van der Waals surface area contributed by atoms with E-state index in [0.29, 0.717) is 0 Å². The van der Waals surface area contributed by atoms with Gasteiger partial charge in [0.25, 0.3) is 0 Å². The Hall–Kier alpha value is 0.439. The third-order valence-corrected chi connectivity index (χ3v) is 5.83. The molecule has 1 fully saturated rings. The third kappa shape index (κ3) is 9.80. The van der Waals surface area contributed by atoms with Gasteiger partial charge in [-0.3, -0.25) is 9.80 Å². The third-order valence-electron chi connectivity index (χ3n) is 5.83. The zero-order valence-electron chi connectivity index (χ0n) is 17.7. The molecule has 1 aliphatic rings. The molecule has 1 radical (unpaired) electrons. The Kier molecular flexibility index (Phi) is 16.9. The topological polar surface area (TPSA) is 6.48 Å². The molecule has 0 N–H and O–H groups in total. The molecular formula is C22H46CuN2. The van der Waals surface area contributed by atoms with Crippen LogP contribution in [0.1, 0.15) is 105 Å². The molecule has 0 aromatic carbocycles. The van der Waals surface area contributed by atoms with E-state index < -0.39 is 0 Å². The van der Waals surface area contributed by atoms with E-state index in [1.165, 1.54) is 103 Å². The Morgan fingerprint density at radius 2 is 0.840 bits per heavy atom. The predicted molar refractivity (Wildman–Crippen MR) is 109 cm³/mol. The van der Waals surface area contributed by atoms with Gasteiger partial charge in [-0.15, -0.1) is 0 Å². The molecule has 0 aromatic heterocycles. The van der Waals surface area contributed by atoms with E-state index in [2.05, 4.69) is 37.5 Å². The van der Waals surface area contributed by atoms with Crippen LogP contribution >= 0.6 is 0 Å². The summed E-state index contributed by atoms with van der Waals surface area (Å²) in [7, 11) is 0. The summed E-state index contributed by atoms with van der Waals surface area (Å²) in [5.41, 5.74) is 0. The van der Waals surface area contributed by atoms with Gasteiger partial charge in [-0.25, -0.2) is 0 Å². The minimum atomic E-state index is 0. The second kappa shape index (κ2) is 16.6. The van der Waals surface area contributed by atoms with Gasteiger partial charge in [0.15, 0.2) is 0 Å². The minimum absolute atomic E-state index is 0. The van der Waals surface area contributed by atoms with Crippen LogP contribution < -0.4 is 0 Å². The average molecular weight is 402 g/mol. The average Bonchev–Trinajstić information content (AvgIpc) is 2.62. The summed E-state index contributed by atoms with van der Waals surface area (Å²) in [4.78, 5) is 5.78. The van der Waals surface area contributed by atoms with Crippen molar-refractivity contribution in [1.29, 1.82) is 0 Å². The van der Waals surface area contributed by atoms with Gasteiger partial charge >= 0.3 is 0 Å². The summed E-state index contributed by atoms with van der Waals surface area (Å²) in [5, 5.41) is 0. The van der Waals surface area contributed by atoms with Crippen LogP contribution in [0.3, 0.4) is 0 Å². The van der Waals surface area contributed by atoms with Crippen molar-refractivity contribution in [1.82, 2.24) is 9.80 Å². The molecule has 0 bridgehead atoms. The molecule has 0 spiro atoms. The Bertz CT molecular complexity index is 241. The molecule has 3 heteroatoms. The van der Waals surface area contributed by atoms with Crippen LogP contribution in [-0.2, 0) is 17.1 Å². The normalized spacial score (nSPS) is 20.9. The van der Waals surface area contributed by atoms with E-state index in [1.54, 1.807) is 0 Å². The first-order valence-electron chi connectivity index (χ1n) is 11.3. The molecule has 0 aromatic rings. The molecule has 1 saturated carbocycles. The molecule has 0 saturated heterocycles. The van der Waals surface area contributed by atoms with Crippen molar-refractivity contribution in [3.8, 4) is 0 Å². The fraction of sp³-hybridized carbons (Fsp3) is 1.00. The molecule has 25 heavy (non-hydrogen) atoms. The van der Waals surface area contributed by atoms with Crippen LogP contribution in [0.4, 0.5) is 0 Å². The standard InChI is InChI=1S/C22H46N2.Cu/c1-5-9-17-23(18-10-6-2)21-15-13-14-16-22(21)24(19-11-7-3)20-12-8-4;/h21-22H,5-20H2,1-4H3;. The van der Waals surface area contributed by atoms with Crippen molar-refractivity contribution in [3.05, 3.63) is 0 Å². The van der Waals surface area contributed by atoms with Gasteiger partial charge in [0.2, 0.25) is 0 Å². The smallest absolute Gasteiger partial charge is 0.0251 e. The van der Waals surface area contributed by atoms with Crippen LogP contribution in [-0.4, -0.2) is 48.1 Å². The first-order chi connectivity index (χ1) is 11.8. The molecule has 1 rings (SSSR count). The Morgan fingerprint density at radius 3 is 1.08 bits per heavy atom. The number of unbranched alkanes of at least 4 members (excludes halogenated alkanes) is 4. The Morgan fingerprint density at radius 1 is 0.560 bits per heavy atom. The zero-order chi connectivity index (χ0) is 17.6. The van der Waals surface area contributed by atoms with Crippen LogP contribution in [0.15, 0.2) is 0 Å². The van der Waals surface area contributed by atoms with E-state index in [0.717, 1.165) is 12.1 Å². The maximum Gasteiger partial charge on any atom is 0.0251 e. The summed E-state index contributed by atoms with van der Waals surface area (Å²) < 4.78 is 0. The number of nitrogens with zero attached hydrogens (tertiary/aromatic N) is 2. The molecule has 1 aliphatic carbocycles. The van der Waals surface area contributed by atoms with Gasteiger partial charge in [-0.1, -0.05) is 66.2 Å². The van der Waals surface area contributed by atoms with Crippen molar-refractivity contribution in [3.63, 3.8) is 0 Å². The van der Waals surface area contributed by atoms with E-state index in [-0.39, 0.29) is 17.1 Å². The summed E-state index contributed by atoms with van der Waals surface area (Å²) in [5.74, 6) is 0. The van der Waals surface area contributed by atoms with Gasteiger partial charge in [-0.05, 0) is 64.7 Å². The number of rotatable bonds is 14. The predicted octanol–water partition coefficient (Wildman–Crippen LogP) is 6.10. The van der Waals surface area contributed by atoms with Crippen molar-refractivity contribution in [2.75, 3.05) is 26.2 Å². The second-order valence-corrected chi connectivity index (χ2v) is 7.91. The summed E-state index contributed by atoms with van der Waals surface area (Å²) in [6, 6.07) is 1.65. The van der Waals surface area contributed by atoms with Crippen LogP contribution in [0.5, 0.6) is 0 Å². The van der Waals surface area contributed by atoms with Gasteiger partial charge in [-0.2, -0.15) is 0 Å². The van der Waals surface area contributed by atoms with Crippen LogP contribution in [0.25, 0.3) is 0 Å². The van der Waals surface area contributed by atoms with Gasteiger partial charge in [0.05, 0.1) is 0 Å². The quantitative estimate of drug-likeness (QED) is 0.324. The van der Waals surface area contributed by atoms with E-state index in [4.69, 9.17) is 0 Å². The summed E-state index contributed by atoms with van der Waals surface area (Å²) >= 11 is 0. The monoisotopic (exact) mass is 401 g/mol. The second-order valence-electron chi connectivity index (χ2n) is 7.91. The van der Waals surface area contributed by atoms with E-state index >= 15 is 0 Å². The Balaban J connectivity index is 0.00000576. The molecule has 0 heterocycles. The van der Waals surface area contributed by atoms with E-state index in [9.17, 15) is 0 Å². The fourth-order valence-corrected chi connectivity index (χ4v) is 4.28. The fourth-order valence-electron chi connectivity index (χ4n) is 4.28. The van der Waals surface area contributed by atoms with Crippen LogP contribution in [0, 0.1) is 0 Å². The van der Waals surface area contributed by atoms with Crippen molar-refractivity contribution >= 4 is 0 Å². The van der Waals surface area contributed by atoms with Gasteiger partial charge in [0, 0.05) is 29.2 Å². The first-order valence-corrected chi connectivity index (χ1v) is 11.3. The SMILES string of the molecule is CCCCN(CCCC)C1CCCCC1N(CCCC)CCCC.[Cu]. The Labute approximate surface area is 170 Å². The zero-order valence-corrected chi connectivity index (χ0v) is 18.6. The largest absolute Gasteiger partial charge is 0.299 e. The first kappa shape index (κ1) is 25.4. The maximum atomic E-state index is 2.89. The van der Waals surface area contributed by atoms with Gasteiger partial charge < -0.3 is 0 Å². The number of hydrogen-bond donors (Lipinski definition) is 0. The molecule has 0 aliphatic heterocycles. The molecule has 2 atom stereocenters. The van der Waals surface area contributed by atoms with Crippen molar-refractivity contribution < 1.29 is 17.1 Å². The minimum Gasteiger partial charge on any atom is -0.299 e. The molecule has 155 valence electrons. The molecule has 2 unspecified atom stereocenters. The molecular weight excluding hydrogens is 356 g/mol. The summed E-state index contributed by atoms with van der Waals surface area (Å²) in [6.45, 7) is 14.7. The van der Waals surface area contributed by atoms with Crippen molar-refractivity contribution in [2.24, 2.45) is 0 Å². The van der Waals surface area contributed by atoms with Crippen LogP contribution in [0.2, 0.25) is 0 Å². The number of hydrogen-bond acceptors (Lipinski definition) is 2. The van der Waals surface area contributed by atoms with Crippen molar-refractivity contribution in [2.45, 2.75) is 117 Å². The summed E-state index contributed by atoms with van der Waals surface area (Å²) in [6.07, 6.45) is 16.6. The maximum absolute atomic E-state index is 2.89. The molecule has 2 nitrogen and oxygen atoms in total.